The number of carbonyl (C=O) groups is 1. The monoisotopic (exact) mass is 787 g/mol. The fourth-order valence-electron chi connectivity index (χ4n) is 7.04. The Morgan fingerprint density at radius 1 is 1.02 bits per heavy atom. The number of carbonyl (C=O) groups excluding carboxylic acids is 1. The van der Waals surface area contributed by atoms with Crippen molar-refractivity contribution in [3.8, 4) is 16.9 Å². The van der Waals surface area contributed by atoms with E-state index in [4.69, 9.17) is 4.52 Å². The van der Waals surface area contributed by atoms with E-state index in [1.165, 1.54) is 24.7 Å². The van der Waals surface area contributed by atoms with Gasteiger partial charge in [0.25, 0.3) is 5.56 Å². The Hall–Kier alpha value is -6.55. The first-order chi connectivity index (χ1) is 27.7. The van der Waals surface area contributed by atoms with Crippen LogP contribution in [0.25, 0.3) is 16.9 Å². The molecule has 1 fully saturated rings. The molecule has 2 aromatic carbocycles. The Morgan fingerprint density at radius 3 is 2.53 bits per heavy atom. The number of H-pyrrole nitrogens is 1. The fraction of sp³-hybridized carbons (Fsp3) is 0.333. The highest BCUT2D eigenvalue weighted by atomic mass is 19.1. The number of benzene rings is 2. The molecule has 7 rings (SSSR count). The van der Waals surface area contributed by atoms with Crippen molar-refractivity contribution in [3.63, 3.8) is 0 Å². The number of nitrogens with one attached hydrogen (secondary N) is 3. The summed E-state index contributed by atoms with van der Waals surface area (Å²) in [4.78, 5) is 61.1. The molecule has 5 heterocycles. The van der Waals surface area contributed by atoms with Crippen LogP contribution in [-0.4, -0.2) is 77.7 Å². The second-order valence-electron chi connectivity index (χ2n) is 15.6. The number of hydrogen-bond acceptors (Lipinski definition) is 12. The van der Waals surface area contributed by atoms with Crippen molar-refractivity contribution in [3.05, 3.63) is 134 Å². The number of amides is 1. The third-order valence-corrected chi connectivity index (χ3v) is 10.2. The van der Waals surface area contributed by atoms with Gasteiger partial charge in [0.15, 0.2) is 5.82 Å². The molecule has 0 spiro atoms. The number of nitrogens with zero attached hydrogens (tertiary/aromatic N) is 8. The molecule has 0 aliphatic carbocycles. The standard InChI is InChI=1S/C42H46FN11O4/c1-25-19-29(8-10-31(25)27(3)47-38(56)39-50-40(51-58-39)42(4,5)6)33-21-36(46-24-45-33)48-35-12-9-30(22-44-35)53-18-17-52(23-26(53)2)15-13-28-7-11-34(32(43)20-28)54-16-14-37(55)49-41(54)57/h7-12,14,16,19-22,24,26-27H,13,15,17-18,23H2,1-6H3,(H,47,56)(H,49,55,57)(H,44,45,46,48)/t26-,27-/m1/s1. The van der Waals surface area contributed by atoms with Crippen LogP contribution in [0.3, 0.4) is 0 Å². The van der Waals surface area contributed by atoms with Gasteiger partial charge in [0.1, 0.15) is 23.8 Å². The highest BCUT2D eigenvalue weighted by Crippen LogP contribution is 2.28. The van der Waals surface area contributed by atoms with Gasteiger partial charge >= 0.3 is 17.5 Å². The summed E-state index contributed by atoms with van der Waals surface area (Å²) in [6.07, 6.45) is 5.30. The Balaban J connectivity index is 0.917. The highest BCUT2D eigenvalue weighted by Gasteiger charge is 2.26. The maximum absolute atomic E-state index is 15.0. The summed E-state index contributed by atoms with van der Waals surface area (Å²) in [5.74, 6) is 0.704. The minimum Gasteiger partial charge on any atom is -0.365 e. The zero-order valence-corrected chi connectivity index (χ0v) is 33.3. The van der Waals surface area contributed by atoms with Crippen LogP contribution >= 0.6 is 0 Å². The van der Waals surface area contributed by atoms with E-state index in [0.717, 1.165) is 64.4 Å². The number of halogens is 1. The van der Waals surface area contributed by atoms with Gasteiger partial charge in [-0.05, 0) is 74.2 Å². The number of aromatic amines is 1. The molecular formula is C42H46FN11O4. The molecule has 300 valence electrons. The molecule has 4 aromatic heterocycles. The van der Waals surface area contributed by atoms with Gasteiger partial charge in [0.2, 0.25) is 0 Å². The van der Waals surface area contributed by atoms with Crippen molar-refractivity contribution >= 4 is 23.2 Å². The predicted molar refractivity (Wildman–Crippen MR) is 218 cm³/mol. The average Bonchev–Trinajstić information content (AvgIpc) is 3.70. The van der Waals surface area contributed by atoms with Crippen LogP contribution in [0.15, 0.2) is 93.5 Å². The molecule has 1 aliphatic heterocycles. The average molecular weight is 788 g/mol. The lowest BCUT2D eigenvalue weighted by molar-refractivity contribution is 0.0895. The molecule has 3 N–H and O–H groups in total. The van der Waals surface area contributed by atoms with Crippen LogP contribution in [0.5, 0.6) is 0 Å². The van der Waals surface area contributed by atoms with Crippen LogP contribution in [0.1, 0.15) is 73.9 Å². The predicted octanol–water partition coefficient (Wildman–Crippen LogP) is 5.49. The SMILES string of the molecule is Cc1cc(-c2cc(Nc3ccc(N4CCN(CCc5ccc(-n6ccc(=O)[nH]c6=O)c(F)c5)C[C@H]4C)cn3)ncn2)ccc1[C@@H](C)NC(=O)c1nc(C(C)(C)C)no1. The maximum atomic E-state index is 15.0. The zero-order valence-electron chi connectivity index (χ0n) is 33.3. The van der Waals surface area contributed by atoms with Crippen LogP contribution < -0.4 is 26.8 Å². The normalized spacial score (nSPS) is 15.3. The Labute approximate surface area is 334 Å². The van der Waals surface area contributed by atoms with Crippen molar-refractivity contribution in [2.75, 3.05) is 36.4 Å². The lowest BCUT2D eigenvalue weighted by atomic mass is 9.96. The van der Waals surface area contributed by atoms with Crippen LogP contribution in [0.4, 0.5) is 21.7 Å². The van der Waals surface area contributed by atoms with Gasteiger partial charge in [-0.3, -0.25) is 24.0 Å². The molecule has 2 atom stereocenters. The lowest BCUT2D eigenvalue weighted by Gasteiger charge is -2.41. The molecule has 15 nitrogen and oxygen atoms in total. The number of piperazine rings is 1. The number of hydrogen-bond donors (Lipinski definition) is 3. The minimum atomic E-state index is -0.684. The van der Waals surface area contributed by atoms with E-state index in [-0.39, 0.29) is 29.1 Å². The van der Waals surface area contributed by atoms with Gasteiger partial charge in [-0.25, -0.2) is 24.1 Å². The van der Waals surface area contributed by atoms with Crippen LogP contribution in [0.2, 0.25) is 0 Å². The molecule has 1 aliphatic rings. The molecule has 0 bridgehead atoms. The minimum absolute atomic E-state index is 0.0653. The van der Waals surface area contributed by atoms with Crippen molar-refractivity contribution in [1.82, 2.24) is 44.9 Å². The summed E-state index contributed by atoms with van der Waals surface area (Å²) in [6.45, 7) is 15.2. The van der Waals surface area contributed by atoms with E-state index < -0.39 is 23.0 Å². The maximum Gasteiger partial charge on any atom is 0.333 e. The number of aryl methyl sites for hydroxylation is 1. The molecule has 58 heavy (non-hydrogen) atoms. The van der Waals surface area contributed by atoms with E-state index >= 15 is 0 Å². The summed E-state index contributed by atoms with van der Waals surface area (Å²) in [5, 5.41) is 10.2. The number of anilines is 3. The van der Waals surface area contributed by atoms with E-state index in [2.05, 4.69) is 57.4 Å². The van der Waals surface area contributed by atoms with E-state index in [1.54, 1.807) is 6.07 Å². The smallest absolute Gasteiger partial charge is 0.333 e. The zero-order chi connectivity index (χ0) is 41.1. The van der Waals surface area contributed by atoms with Crippen LogP contribution in [-0.2, 0) is 11.8 Å². The van der Waals surface area contributed by atoms with E-state index in [9.17, 15) is 18.8 Å². The molecule has 1 saturated heterocycles. The first kappa shape index (κ1) is 39.7. The Morgan fingerprint density at radius 2 is 1.84 bits per heavy atom. The van der Waals surface area contributed by atoms with Gasteiger partial charge in [0, 0.05) is 61.5 Å². The number of rotatable bonds is 11. The third kappa shape index (κ3) is 9.02. The second kappa shape index (κ2) is 16.5. The number of aromatic nitrogens is 7. The first-order valence-corrected chi connectivity index (χ1v) is 19.1. The molecule has 0 radical (unpaired) electrons. The van der Waals surface area contributed by atoms with Crippen molar-refractivity contribution < 1.29 is 13.7 Å². The molecule has 1 amide bonds. The Kier molecular flexibility index (Phi) is 11.3. The lowest BCUT2D eigenvalue weighted by Crippen LogP contribution is -2.52. The quantitative estimate of drug-likeness (QED) is 0.151. The summed E-state index contributed by atoms with van der Waals surface area (Å²) < 4.78 is 21.3. The van der Waals surface area contributed by atoms with Gasteiger partial charge in [-0.2, -0.15) is 4.98 Å². The molecule has 0 saturated carbocycles. The third-order valence-electron chi connectivity index (χ3n) is 10.2. The van der Waals surface area contributed by atoms with Gasteiger partial charge in [-0.15, -0.1) is 0 Å². The van der Waals surface area contributed by atoms with Gasteiger partial charge < -0.3 is 20.1 Å². The summed E-state index contributed by atoms with van der Waals surface area (Å²) >= 11 is 0. The van der Waals surface area contributed by atoms with Crippen LogP contribution in [0, 0.1) is 12.7 Å². The topological polar surface area (TPSA) is 180 Å². The molecule has 6 aromatic rings. The first-order valence-electron chi connectivity index (χ1n) is 19.1. The fourth-order valence-corrected chi connectivity index (χ4v) is 7.04. The molecule has 0 unspecified atom stereocenters. The Bertz CT molecular complexity index is 2540. The summed E-state index contributed by atoms with van der Waals surface area (Å²) in [5.41, 5.74) is 3.96. The second-order valence-corrected chi connectivity index (χ2v) is 15.6. The van der Waals surface area contributed by atoms with E-state index in [0.29, 0.717) is 23.9 Å². The van der Waals surface area contributed by atoms with Crippen molar-refractivity contribution in [2.45, 2.75) is 65.5 Å². The largest absolute Gasteiger partial charge is 0.365 e. The summed E-state index contributed by atoms with van der Waals surface area (Å²) in [7, 11) is 0. The van der Waals surface area contributed by atoms with Crippen molar-refractivity contribution in [2.24, 2.45) is 0 Å². The molecule has 16 heteroatoms. The number of pyridine rings is 1. The van der Waals surface area contributed by atoms with Gasteiger partial charge in [0.05, 0.1) is 29.3 Å². The summed E-state index contributed by atoms with van der Waals surface area (Å²) in [6, 6.07) is 17.8. The molecular weight excluding hydrogens is 742 g/mol. The van der Waals surface area contributed by atoms with E-state index in [1.807, 2.05) is 83.3 Å². The van der Waals surface area contributed by atoms with Crippen molar-refractivity contribution in [1.29, 1.82) is 0 Å². The van der Waals surface area contributed by atoms with Gasteiger partial charge in [-0.1, -0.05) is 44.1 Å². The highest BCUT2D eigenvalue weighted by molar-refractivity contribution is 5.89.